The molecule has 1 aliphatic heterocycles. The molecule has 0 unspecified atom stereocenters. The Morgan fingerprint density at radius 3 is 2.79 bits per heavy atom. The number of para-hydroxylation sites is 1. The van der Waals surface area contributed by atoms with Gasteiger partial charge >= 0.3 is 0 Å². The summed E-state index contributed by atoms with van der Waals surface area (Å²) >= 11 is 7.28. The number of methoxy groups -OCH3 is 1. The number of carbonyl (C=O) groups is 2. The highest BCUT2D eigenvalue weighted by atomic mass is 35.5. The molecule has 0 atom stereocenters. The number of furan rings is 1. The molecule has 0 spiro atoms. The standard InChI is InChI=1S/C23H17ClFN3O4S/c1-31-20-9-8-14(11-16(20)24)28-22(30)19(12-15-5-4-10-32-15)27-23(28)33-13-21(29)26-18-7-3-2-6-17(18)25/h2-12H,13H2,1H3,(H,26,29)/b19-12+. The molecular weight excluding hydrogens is 469 g/mol. The predicted octanol–water partition coefficient (Wildman–Crippen LogP) is 5.20. The molecule has 10 heteroatoms. The van der Waals surface area contributed by atoms with E-state index in [1.807, 2.05) is 0 Å². The number of ether oxygens (including phenoxy) is 1. The third-order valence-electron chi connectivity index (χ3n) is 4.53. The van der Waals surface area contributed by atoms with Gasteiger partial charge in [0.15, 0.2) is 5.17 Å². The van der Waals surface area contributed by atoms with E-state index in [2.05, 4.69) is 10.3 Å². The first-order valence-electron chi connectivity index (χ1n) is 9.65. The molecule has 2 amide bonds. The predicted molar refractivity (Wildman–Crippen MR) is 127 cm³/mol. The number of rotatable bonds is 6. The van der Waals surface area contributed by atoms with Crippen LogP contribution < -0.4 is 15.0 Å². The van der Waals surface area contributed by atoms with E-state index in [4.69, 9.17) is 20.8 Å². The highest BCUT2D eigenvalue weighted by Crippen LogP contribution is 2.34. The highest BCUT2D eigenvalue weighted by molar-refractivity contribution is 8.14. The molecule has 168 valence electrons. The van der Waals surface area contributed by atoms with Gasteiger partial charge in [-0.25, -0.2) is 9.38 Å². The average Bonchev–Trinajstić information content (AvgIpc) is 3.42. The second kappa shape index (κ2) is 9.93. The van der Waals surface area contributed by atoms with E-state index in [0.717, 1.165) is 11.8 Å². The minimum absolute atomic E-state index is 0.0738. The molecular formula is C23H17ClFN3O4S. The van der Waals surface area contributed by atoms with Gasteiger partial charge in [-0.1, -0.05) is 35.5 Å². The average molecular weight is 486 g/mol. The van der Waals surface area contributed by atoms with Gasteiger partial charge in [0, 0.05) is 6.08 Å². The SMILES string of the molecule is COc1ccc(N2C(=O)/C(=C\c3ccco3)N=C2SCC(=O)Nc2ccccc2F)cc1Cl. The summed E-state index contributed by atoms with van der Waals surface area (Å²) in [5, 5.41) is 3.09. The van der Waals surface area contributed by atoms with E-state index in [1.54, 1.807) is 36.4 Å². The van der Waals surface area contributed by atoms with Crippen LogP contribution in [-0.2, 0) is 9.59 Å². The van der Waals surface area contributed by atoms with E-state index in [9.17, 15) is 14.0 Å². The van der Waals surface area contributed by atoms with Crippen molar-refractivity contribution in [3.05, 3.63) is 83.2 Å². The summed E-state index contributed by atoms with van der Waals surface area (Å²) in [6, 6.07) is 14.1. The summed E-state index contributed by atoms with van der Waals surface area (Å²) in [6.45, 7) is 0. The fourth-order valence-electron chi connectivity index (χ4n) is 3.00. The van der Waals surface area contributed by atoms with E-state index in [1.165, 1.54) is 42.5 Å². The van der Waals surface area contributed by atoms with Crippen molar-refractivity contribution in [1.82, 2.24) is 0 Å². The molecule has 0 aliphatic carbocycles. The maximum absolute atomic E-state index is 13.8. The first-order chi connectivity index (χ1) is 16.0. The molecule has 33 heavy (non-hydrogen) atoms. The summed E-state index contributed by atoms with van der Waals surface area (Å²) in [5.41, 5.74) is 0.660. The second-order valence-electron chi connectivity index (χ2n) is 6.72. The highest BCUT2D eigenvalue weighted by Gasteiger charge is 2.33. The van der Waals surface area contributed by atoms with Gasteiger partial charge in [-0.05, 0) is 42.5 Å². The summed E-state index contributed by atoms with van der Waals surface area (Å²) in [4.78, 5) is 31.3. The zero-order valence-electron chi connectivity index (χ0n) is 17.2. The number of amidine groups is 1. The maximum atomic E-state index is 13.8. The van der Waals surface area contributed by atoms with Gasteiger partial charge in [-0.15, -0.1) is 0 Å². The third-order valence-corrected chi connectivity index (χ3v) is 5.76. The number of amides is 2. The van der Waals surface area contributed by atoms with Crippen molar-refractivity contribution in [3.63, 3.8) is 0 Å². The minimum Gasteiger partial charge on any atom is -0.495 e. The number of aliphatic imine (C=N–C) groups is 1. The lowest BCUT2D eigenvalue weighted by Gasteiger charge is -2.18. The summed E-state index contributed by atoms with van der Waals surface area (Å²) in [7, 11) is 1.49. The molecule has 7 nitrogen and oxygen atoms in total. The monoisotopic (exact) mass is 485 g/mol. The van der Waals surface area contributed by atoms with Crippen molar-refractivity contribution >= 4 is 57.8 Å². The molecule has 0 saturated heterocycles. The van der Waals surface area contributed by atoms with E-state index in [-0.39, 0.29) is 22.3 Å². The third kappa shape index (κ3) is 5.10. The van der Waals surface area contributed by atoms with Crippen molar-refractivity contribution in [2.45, 2.75) is 0 Å². The van der Waals surface area contributed by atoms with Gasteiger partial charge in [-0.2, -0.15) is 0 Å². The molecule has 1 N–H and O–H groups in total. The fraction of sp³-hybridized carbons (Fsp3) is 0.0870. The first kappa shape index (κ1) is 22.6. The number of carbonyl (C=O) groups excluding carboxylic acids is 2. The van der Waals surface area contributed by atoms with Crippen LogP contribution in [0.4, 0.5) is 15.8 Å². The zero-order chi connectivity index (χ0) is 23.4. The van der Waals surface area contributed by atoms with Crippen molar-refractivity contribution < 1.29 is 23.1 Å². The van der Waals surface area contributed by atoms with Crippen LogP contribution in [0.5, 0.6) is 5.75 Å². The number of thioether (sulfide) groups is 1. The number of halogens is 2. The molecule has 2 aromatic carbocycles. The van der Waals surface area contributed by atoms with Gasteiger partial charge in [-0.3, -0.25) is 14.5 Å². The second-order valence-corrected chi connectivity index (χ2v) is 8.07. The van der Waals surface area contributed by atoms with Gasteiger partial charge in [0.25, 0.3) is 5.91 Å². The molecule has 4 rings (SSSR count). The molecule has 2 heterocycles. The van der Waals surface area contributed by atoms with E-state index in [0.29, 0.717) is 22.2 Å². The van der Waals surface area contributed by atoms with Gasteiger partial charge in [0.05, 0.1) is 35.5 Å². The Kier molecular flexibility index (Phi) is 6.81. The van der Waals surface area contributed by atoms with Crippen LogP contribution >= 0.6 is 23.4 Å². The Hall–Kier alpha value is -3.56. The number of nitrogens with one attached hydrogen (secondary N) is 1. The van der Waals surface area contributed by atoms with Crippen LogP contribution in [0.25, 0.3) is 6.08 Å². The van der Waals surface area contributed by atoms with Crippen LogP contribution in [0.3, 0.4) is 0 Å². The van der Waals surface area contributed by atoms with Gasteiger partial charge in [0.1, 0.15) is 23.0 Å². The van der Waals surface area contributed by atoms with Crippen molar-refractivity contribution in [3.8, 4) is 5.75 Å². The number of hydrogen-bond donors (Lipinski definition) is 1. The lowest BCUT2D eigenvalue weighted by molar-refractivity contribution is -0.114. The Morgan fingerprint density at radius 1 is 1.27 bits per heavy atom. The number of anilines is 2. The molecule has 0 bridgehead atoms. The van der Waals surface area contributed by atoms with E-state index >= 15 is 0 Å². The van der Waals surface area contributed by atoms with Crippen molar-refractivity contribution in [1.29, 1.82) is 0 Å². The number of nitrogens with zero attached hydrogens (tertiary/aromatic N) is 2. The van der Waals surface area contributed by atoms with E-state index < -0.39 is 17.6 Å². The largest absolute Gasteiger partial charge is 0.495 e. The van der Waals surface area contributed by atoms with Crippen LogP contribution in [0, 0.1) is 5.82 Å². The molecule has 3 aromatic rings. The lowest BCUT2D eigenvalue weighted by Crippen LogP contribution is -2.31. The Bertz CT molecular complexity index is 1260. The zero-order valence-corrected chi connectivity index (χ0v) is 18.8. The maximum Gasteiger partial charge on any atom is 0.283 e. The van der Waals surface area contributed by atoms with Crippen molar-refractivity contribution in [2.24, 2.45) is 4.99 Å². The summed E-state index contributed by atoms with van der Waals surface area (Å²) < 4.78 is 24.3. The summed E-state index contributed by atoms with van der Waals surface area (Å²) in [6.07, 6.45) is 2.99. The van der Waals surface area contributed by atoms with Gasteiger partial charge < -0.3 is 14.5 Å². The first-order valence-corrected chi connectivity index (χ1v) is 11.0. The number of hydrogen-bond acceptors (Lipinski definition) is 6. The quantitative estimate of drug-likeness (QED) is 0.485. The van der Waals surface area contributed by atoms with Gasteiger partial charge in [0.2, 0.25) is 5.91 Å². The molecule has 0 saturated carbocycles. The molecule has 1 aromatic heterocycles. The van der Waals surface area contributed by atoms with Crippen LogP contribution in [0.1, 0.15) is 5.76 Å². The Labute approximate surface area is 197 Å². The van der Waals surface area contributed by atoms with Crippen LogP contribution in [0.15, 0.2) is 76.0 Å². The molecule has 0 fully saturated rings. The van der Waals surface area contributed by atoms with Crippen molar-refractivity contribution in [2.75, 3.05) is 23.1 Å². The van der Waals surface area contributed by atoms with Crippen LogP contribution in [0.2, 0.25) is 5.02 Å². The lowest BCUT2D eigenvalue weighted by atomic mass is 10.2. The fourth-order valence-corrected chi connectivity index (χ4v) is 4.07. The Balaban J connectivity index is 1.58. The Morgan fingerprint density at radius 2 is 2.09 bits per heavy atom. The molecule has 0 radical (unpaired) electrons. The minimum atomic E-state index is -0.539. The van der Waals surface area contributed by atoms with Crippen LogP contribution in [-0.4, -0.2) is 29.8 Å². The normalized spacial score (nSPS) is 14.5. The number of benzene rings is 2. The summed E-state index contributed by atoms with van der Waals surface area (Å²) in [5.74, 6) is -0.592. The topological polar surface area (TPSA) is 84.1 Å². The molecule has 1 aliphatic rings. The smallest absolute Gasteiger partial charge is 0.283 e.